The van der Waals surface area contributed by atoms with Crippen LogP contribution in [0, 0.1) is 0 Å². The molecule has 2 aromatic rings. The van der Waals surface area contributed by atoms with E-state index >= 15 is 0 Å². The molecule has 5 nitrogen and oxygen atoms in total. The highest BCUT2D eigenvalue weighted by atomic mass is 16.3. The summed E-state index contributed by atoms with van der Waals surface area (Å²) in [6, 6.07) is 1.60. The van der Waals surface area contributed by atoms with Crippen molar-refractivity contribution in [3.63, 3.8) is 0 Å². The summed E-state index contributed by atoms with van der Waals surface area (Å²) in [7, 11) is 0. The van der Waals surface area contributed by atoms with Crippen molar-refractivity contribution in [2.45, 2.75) is 0 Å². The highest BCUT2D eigenvalue weighted by Gasteiger charge is 2.02. The lowest BCUT2D eigenvalue weighted by Crippen LogP contribution is -1.88. The van der Waals surface area contributed by atoms with Gasteiger partial charge in [0.25, 0.3) is 0 Å². The lowest BCUT2D eigenvalue weighted by Gasteiger charge is -1.95. The Morgan fingerprint density at radius 3 is 3.00 bits per heavy atom. The fourth-order valence-electron chi connectivity index (χ4n) is 0.898. The van der Waals surface area contributed by atoms with Crippen molar-refractivity contribution < 1.29 is 10.2 Å². The van der Waals surface area contributed by atoms with Crippen LogP contribution in [-0.2, 0) is 0 Å². The minimum atomic E-state index is -0.251. The van der Waals surface area contributed by atoms with Gasteiger partial charge in [0.15, 0.2) is 0 Å². The average molecular weight is 151 g/mol. The number of fused-ring (bicyclic) bond motifs is 1. The normalized spacial score (nSPS) is 10.5. The number of rotatable bonds is 0. The number of nitrogens with zero attached hydrogens (tertiary/aromatic N) is 3. The maximum Gasteiger partial charge on any atom is 0.240 e. The standard InChI is InChI=1S/C6H5N3O2/c10-5-3-9-4(1-2-7-9)6(11)8-5/h1-3,10H,(H,8,11). The molecular weight excluding hydrogens is 146 g/mol. The largest absolute Gasteiger partial charge is 0.492 e. The second-order valence-corrected chi connectivity index (χ2v) is 2.08. The van der Waals surface area contributed by atoms with Crippen molar-refractivity contribution >= 4 is 5.52 Å². The molecule has 56 valence electrons. The Hall–Kier alpha value is -1.78. The van der Waals surface area contributed by atoms with Gasteiger partial charge in [0.1, 0.15) is 5.52 Å². The zero-order chi connectivity index (χ0) is 7.84. The Morgan fingerprint density at radius 2 is 2.18 bits per heavy atom. The molecule has 2 rings (SSSR count). The molecule has 0 radical (unpaired) electrons. The fourth-order valence-corrected chi connectivity index (χ4v) is 0.898. The van der Waals surface area contributed by atoms with Crippen LogP contribution in [-0.4, -0.2) is 24.8 Å². The second-order valence-electron chi connectivity index (χ2n) is 2.08. The highest BCUT2D eigenvalue weighted by molar-refractivity contribution is 5.54. The summed E-state index contributed by atoms with van der Waals surface area (Å²) in [6.07, 6.45) is 2.82. The van der Waals surface area contributed by atoms with Crippen molar-refractivity contribution in [2.24, 2.45) is 0 Å². The van der Waals surface area contributed by atoms with Gasteiger partial charge in [0.2, 0.25) is 11.8 Å². The number of aromatic hydroxyl groups is 2. The lowest BCUT2D eigenvalue weighted by molar-refractivity contribution is 0.410. The number of hydrogen-bond acceptors (Lipinski definition) is 4. The second kappa shape index (κ2) is 1.85. The topological polar surface area (TPSA) is 70.7 Å². The summed E-state index contributed by atoms with van der Waals surface area (Å²) >= 11 is 0. The van der Waals surface area contributed by atoms with E-state index in [4.69, 9.17) is 10.2 Å². The van der Waals surface area contributed by atoms with Gasteiger partial charge in [-0.1, -0.05) is 0 Å². The molecule has 0 fully saturated rings. The summed E-state index contributed by atoms with van der Waals surface area (Å²) in [4.78, 5) is 3.42. The van der Waals surface area contributed by atoms with E-state index in [1.165, 1.54) is 16.9 Å². The molecule has 0 aliphatic carbocycles. The third-order valence-electron chi connectivity index (χ3n) is 1.36. The van der Waals surface area contributed by atoms with Gasteiger partial charge in [-0.25, -0.2) is 4.52 Å². The molecular formula is C6H5N3O2. The van der Waals surface area contributed by atoms with Crippen molar-refractivity contribution in [3.8, 4) is 11.8 Å². The predicted octanol–water partition coefficient (Wildman–Crippen LogP) is 0.140. The highest BCUT2D eigenvalue weighted by Crippen LogP contribution is 2.17. The SMILES string of the molecule is Oc1cn2nccc2c(O)n1. The van der Waals surface area contributed by atoms with E-state index < -0.39 is 0 Å². The smallest absolute Gasteiger partial charge is 0.240 e. The van der Waals surface area contributed by atoms with E-state index in [-0.39, 0.29) is 11.8 Å². The fraction of sp³-hybridized carbons (Fsp3) is 0. The third-order valence-corrected chi connectivity index (χ3v) is 1.36. The number of aromatic nitrogens is 3. The molecule has 0 spiro atoms. The van der Waals surface area contributed by atoms with Crippen LogP contribution in [0.1, 0.15) is 0 Å². The van der Waals surface area contributed by atoms with E-state index in [0.29, 0.717) is 5.52 Å². The first kappa shape index (κ1) is 5.96. The zero-order valence-electron chi connectivity index (χ0n) is 5.47. The minimum Gasteiger partial charge on any atom is -0.492 e. The molecule has 0 amide bonds. The molecule has 0 unspecified atom stereocenters. The molecule has 2 heterocycles. The maximum atomic E-state index is 9.11. The first-order valence-electron chi connectivity index (χ1n) is 3.00. The van der Waals surface area contributed by atoms with Crippen LogP contribution >= 0.6 is 0 Å². The molecule has 0 saturated carbocycles. The van der Waals surface area contributed by atoms with Crippen LogP contribution in [0.2, 0.25) is 0 Å². The summed E-state index contributed by atoms with van der Waals surface area (Å²) in [5, 5.41) is 21.8. The monoisotopic (exact) mass is 151 g/mol. The molecule has 2 N–H and O–H groups in total. The van der Waals surface area contributed by atoms with Crippen molar-refractivity contribution in [1.29, 1.82) is 0 Å². The van der Waals surface area contributed by atoms with Crippen molar-refractivity contribution in [3.05, 3.63) is 18.5 Å². The Bertz CT molecular complexity index is 396. The van der Waals surface area contributed by atoms with Gasteiger partial charge in [-0.05, 0) is 6.07 Å². The van der Waals surface area contributed by atoms with Crippen molar-refractivity contribution in [1.82, 2.24) is 14.6 Å². The maximum absolute atomic E-state index is 9.11. The first-order valence-corrected chi connectivity index (χ1v) is 3.00. The van der Waals surface area contributed by atoms with Gasteiger partial charge in [-0.2, -0.15) is 10.1 Å². The third kappa shape index (κ3) is 0.778. The Morgan fingerprint density at radius 1 is 1.36 bits per heavy atom. The van der Waals surface area contributed by atoms with Gasteiger partial charge in [0.05, 0.1) is 12.4 Å². The Labute approximate surface area is 61.5 Å². The summed E-state index contributed by atoms with van der Waals surface area (Å²) in [5.74, 6) is -0.471. The van der Waals surface area contributed by atoms with E-state index in [1.54, 1.807) is 6.07 Å². The summed E-state index contributed by atoms with van der Waals surface area (Å²) < 4.78 is 1.34. The zero-order valence-corrected chi connectivity index (χ0v) is 5.47. The molecule has 5 heteroatoms. The molecule has 0 aromatic carbocycles. The van der Waals surface area contributed by atoms with E-state index in [9.17, 15) is 0 Å². The lowest BCUT2D eigenvalue weighted by atomic mass is 10.5. The molecule has 0 aliphatic heterocycles. The average Bonchev–Trinajstić information content (AvgIpc) is 2.34. The van der Waals surface area contributed by atoms with E-state index in [1.807, 2.05) is 0 Å². The molecule has 0 aliphatic rings. The van der Waals surface area contributed by atoms with E-state index in [2.05, 4.69) is 10.1 Å². The van der Waals surface area contributed by atoms with Crippen LogP contribution in [0.4, 0.5) is 0 Å². The summed E-state index contributed by atoms with van der Waals surface area (Å²) in [5.41, 5.74) is 0.475. The quantitative estimate of drug-likeness (QED) is 0.561. The molecule has 0 saturated heterocycles. The van der Waals surface area contributed by atoms with Gasteiger partial charge in [-0.15, -0.1) is 0 Å². The molecule has 0 atom stereocenters. The molecule has 0 bridgehead atoms. The van der Waals surface area contributed by atoms with Gasteiger partial charge < -0.3 is 10.2 Å². The minimum absolute atomic E-state index is 0.220. The molecule has 2 aromatic heterocycles. The van der Waals surface area contributed by atoms with E-state index in [0.717, 1.165) is 0 Å². The van der Waals surface area contributed by atoms with Crippen LogP contribution < -0.4 is 0 Å². The Balaban J connectivity index is 2.91. The summed E-state index contributed by atoms with van der Waals surface area (Å²) in [6.45, 7) is 0. The van der Waals surface area contributed by atoms with Gasteiger partial charge in [-0.3, -0.25) is 0 Å². The van der Waals surface area contributed by atoms with Crippen molar-refractivity contribution in [2.75, 3.05) is 0 Å². The first-order chi connectivity index (χ1) is 5.27. The van der Waals surface area contributed by atoms with Crippen LogP contribution in [0.5, 0.6) is 11.8 Å². The predicted molar refractivity (Wildman–Crippen MR) is 36.3 cm³/mol. The van der Waals surface area contributed by atoms with Gasteiger partial charge >= 0.3 is 0 Å². The van der Waals surface area contributed by atoms with Crippen LogP contribution in [0.3, 0.4) is 0 Å². The van der Waals surface area contributed by atoms with Gasteiger partial charge in [0, 0.05) is 0 Å². The Kier molecular flexibility index (Phi) is 1.00. The van der Waals surface area contributed by atoms with Crippen LogP contribution in [0.15, 0.2) is 18.5 Å². The number of hydrogen-bond donors (Lipinski definition) is 2. The molecule has 11 heavy (non-hydrogen) atoms. The van der Waals surface area contributed by atoms with Crippen LogP contribution in [0.25, 0.3) is 5.52 Å².